The fourth-order valence-electron chi connectivity index (χ4n) is 1.74. The molecule has 0 bridgehead atoms. The van der Waals surface area contributed by atoms with Crippen LogP contribution in [0.1, 0.15) is 26.7 Å². The molecule has 0 aromatic heterocycles. The summed E-state index contributed by atoms with van der Waals surface area (Å²) in [6.07, 6.45) is 1.34. The van der Waals surface area contributed by atoms with Gasteiger partial charge in [0.2, 0.25) is 0 Å². The minimum Gasteiger partial charge on any atom is -0.393 e. The highest BCUT2D eigenvalue weighted by atomic mass is 16.3. The molecule has 1 aliphatic heterocycles. The summed E-state index contributed by atoms with van der Waals surface area (Å²) in [7, 11) is 0. The Labute approximate surface area is 79.7 Å². The van der Waals surface area contributed by atoms with E-state index in [1.54, 1.807) is 6.92 Å². The molecule has 1 rings (SSSR count). The number of ketones is 1. The first-order chi connectivity index (χ1) is 6.09. The highest BCUT2D eigenvalue weighted by Crippen LogP contribution is 2.16. The molecule has 0 aromatic carbocycles. The summed E-state index contributed by atoms with van der Waals surface area (Å²) in [6.45, 7) is 6.40. The molecule has 0 spiro atoms. The van der Waals surface area contributed by atoms with Crippen molar-refractivity contribution in [1.82, 2.24) is 4.90 Å². The summed E-state index contributed by atoms with van der Waals surface area (Å²) in [5.74, 6) is 0.597. The number of rotatable bonds is 3. The van der Waals surface area contributed by atoms with E-state index in [2.05, 4.69) is 11.8 Å². The second kappa shape index (κ2) is 4.72. The zero-order valence-electron chi connectivity index (χ0n) is 8.49. The van der Waals surface area contributed by atoms with E-state index >= 15 is 0 Å². The number of likely N-dealkylation sites (tertiary alicyclic amines) is 1. The van der Waals surface area contributed by atoms with E-state index in [1.165, 1.54) is 0 Å². The van der Waals surface area contributed by atoms with Crippen LogP contribution in [0.4, 0.5) is 0 Å². The quantitative estimate of drug-likeness (QED) is 0.702. The van der Waals surface area contributed by atoms with Crippen LogP contribution in [0.15, 0.2) is 0 Å². The fraction of sp³-hybridized carbons (Fsp3) is 0.900. The highest BCUT2D eigenvalue weighted by Gasteiger charge is 2.23. The van der Waals surface area contributed by atoms with E-state index in [-0.39, 0.29) is 11.9 Å². The van der Waals surface area contributed by atoms with Gasteiger partial charge in [-0.3, -0.25) is 4.79 Å². The molecule has 0 amide bonds. The Morgan fingerprint density at radius 3 is 2.85 bits per heavy atom. The lowest BCUT2D eigenvalue weighted by atomic mass is 9.96. The molecule has 3 nitrogen and oxygen atoms in total. The second-order valence-electron chi connectivity index (χ2n) is 4.09. The van der Waals surface area contributed by atoms with Crippen LogP contribution in [0.3, 0.4) is 0 Å². The number of carbonyl (C=O) groups is 1. The molecule has 1 N–H and O–H groups in total. The third-order valence-corrected chi connectivity index (χ3v) is 2.72. The van der Waals surface area contributed by atoms with E-state index in [1.807, 2.05) is 0 Å². The highest BCUT2D eigenvalue weighted by molar-refractivity contribution is 5.75. The van der Waals surface area contributed by atoms with E-state index in [0.29, 0.717) is 12.3 Å². The lowest BCUT2D eigenvalue weighted by Crippen LogP contribution is -2.42. The first-order valence-electron chi connectivity index (χ1n) is 4.99. The molecule has 0 aromatic rings. The topological polar surface area (TPSA) is 40.5 Å². The van der Waals surface area contributed by atoms with Gasteiger partial charge in [-0.15, -0.1) is 0 Å². The van der Waals surface area contributed by atoms with Crippen LogP contribution in [0.5, 0.6) is 0 Å². The first kappa shape index (κ1) is 10.7. The normalized spacial score (nSPS) is 30.4. The average molecular weight is 185 g/mol. The van der Waals surface area contributed by atoms with Crippen LogP contribution in [0, 0.1) is 5.92 Å². The number of hydrogen-bond donors (Lipinski definition) is 1. The van der Waals surface area contributed by atoms with Gasteiger partial charge in [0, 0.05) is 26.1 Å². The molecule has 2 unspecified atom stereocenters. The number of nitrogens with zero attached hydrogens (tertiary/aromatic N) is 1. The summed E-state index contributed by atoms with van der Waals surface area (Å²) < 4.78 is 0. The second-order valence-corrected chi connectivity index (χ2v) is 4.09. The number of aliphatic hydroxyl groups is 1. The van der Waals surface area contributed by atoms with Crippen LogP contribution in [0.2, 0.25) is 0 Å². The summed E-state index contributed by atoms with van der Waals surface area (Å²) in [5.41, 5.74) is 0. The molecule has 1 heterocycles. The Kier molecular flexibility index (Phi) is 3.88. The van der Waals surface area contributed by atoms with Gasteiger partial charge >= 0.3 is 0 Å². The van der Waals surface area contributed by atoms with Crippen molar-refractivity contribution in [3.05, 3.63) is 0 Å². The van der Waals surface area contributed by atoms with Gasteiger partial charge in [0.1, 0.15) is 5.78 Å². The minimum atomic E-state index is -0.145. The Balaban J connectivity index is 2.25. The third-order valence-electron chi connectivity index (χ3n) is 2.72. The number of hydrogen-bond acceptors (Lipinski definition) is 3. The Morgan fingerprint density at radius 1 is 1.62 bits per heavy atom. The van der Waals surface area contributed by atoms with Crippen molar-refractivity contribution in [2.75, 3.05) is 19.6 Å². The monoisotopic (exact) mass is 185 g/mol. The van der Waals surface area contributed by atoms with Gasteiger partial charge in [-0.2, -0.15) is 0 Å². The van der Waals surface area contributed by atoms with Crippen molar-refractivity contribution in [2.24, 2.45) is 5.92 Å². The van der Waals surface area contributed by atoms with Gasteiger partial charge in [-0.25, -0.2) is 0 Å². The predicted octanol–water partition coefficient (Wildman–Crippen LogP) is 0.668. The average Bonchev–Trinajstić information content (AvgIpc) is 2.07. The molecule has 1 fully saturated rings. The maximum absolute atomic E-state index is 10.8. The van der Waals surface area contributed by atoms with Gasteiger partial charge in [0.05, 0.1) is 6.10 Å². The predicted molar refractivity (Wildman–Crippen MR) is 51.5 cm³/mol. The summed E-state index contributed by atoms with van der Waals surface area (Å²) in [4.78, 5) is 13.0. The Bertz CT molecular complexity index is 182. The number of Topliss-reactive ketones (excluding diaryl/α,β-unsaturated/α-hetero) is 1. The molecule has 0 radical (unpaired) electrons. The maximum Gasteiger partial charge on any atom is 0.131 e. The third kappa shape index (κ3) is 3.44. The molecule has 2 atom stereocenters. The first-order valence-corrected chi connectivity index (χ1v) is 4.99. The molecular formula is C10H19NO2. The smallest absolute Gasteiger partial charge is 0.131 e. The van der Waals surface area contributed by atoms with Crippen molar-refractivity contribution in [3.8, 4) is 0 Å². The van der Waals surface area contributed by atoms with E-state index in [4.69, 9.17) is 0 Å². The fourth-order valence-corrected chi connectivity index (χ4v) is 1.74. The van der Waals surface area contributed by atoms with Crippen molar-refractivity contribution in [3.63, 3.8) is 0 Å². The number of carbonyl (C=O) groups excluding carboxylic acids is 1. The molecule has 0 saturated carbocycles. The lowest BCUT2D eigenvalue weighted by molar-refractivity contribution is -0.117. The zero-order chi connectivity index (χ0) is 9.84. The van der Waals surface area contributed by atoms with E-state index in [9.17, 15) is 9.90 Å². The van der Waals surface area contributed by atoms with Gasteiger partial charge < -0.3 is 10.0 Å². The van der Waals surface area contributed by atoms with E-state index < -0.39 is 0 Å². The Hall–Kier alpha value is -0.410. The minimum absolute atomic E-state index is 0.145. The molecule has 0 aliphatic carbocycles. The van der Waals surface area contributed by atoms with Crippen molar-refractivity contribution in [1.29, 1.82) is 0 Å². The summed E-state index contributed by atoms with van der Waals surface area (Å²) >= 11 is 0. The van der Waals surface area contributed by atoms with Gasteiger partial charge in [0.25, 0.3) is 0 Å². The standard InChI is InChI=1S/C10H19NO2/c1-8-7-11(5-3-9(2)12)6-4-10(8)13/h8,10,13H,3-7H2,1-2H3. The zero-order valence-corrected chi connectivity index (χ0v) is 8.49. The molecular weight excluding hydrogens is 166 g/mol. The van der Waals surface area contributed by atoms with Crippen LogP contribution < -0.4 is 0 Å². The SMILES string of the molecule is CC(=O)CCN1CCC(O)C(C)C1. The van der Waals surface area contributed by atoms with Gasteiger partial charge in [-0.1, -0.05) is 6.92 Å². The Morgan fingerprint density at radius 2 is 2.31 bits per heavy atom. The number of aliphatic hydroxyl groups excluding tert-OH is 1. The summed E-state index contributed by atoms with van der Waals surface area (Å²) in [5, 5.41) is 9.48. The molecule has 76 valence electrons. The molecule has 1 saturated heterocycles. The van der Waals surface area contributed by atoms with Crippen molar-refractivity contribution in [2.45, 2.75) is 32.8 Å². The molecule has 1 aliphatic rings. The van der Waals surface area contributed by atoms with Crippen molar-refractivity contribution < 1.29 is 9.90 Å². The van der Waals surface area contributed by atoms with Crippen LogP contribution in [-0.4, -0.2) is 41.5 Å². The maximum atomic E-state index is 10.8. The largest absolute Gasteiger partial charge is 0.393 e. The molecule has 13 heavy (non-hydrogen) atoms. The van der Waals surface area contributed by atoms with Gasteiger partial charge in [-0.05, 0) is 19.3 Å². The summed E-state index contributed by atoms with van der Waals surface area (Å²) in [6, 6.07) is 0. The van der Waals surface area contributed by atoms with Gasteiger partial charge in [0.15, 0.2) is 0 Å². The number of piperidine rings is 1. The lowest BCUT2D eigenvalue weighted by Gasteiger charge is -2.34. The van der Waals surface area contributed by atoms with Crippen LogP contribution >= 0.6 is 0 Å². The van der Waals surface area contributed by atoms with Crippen LogP contribution in [0.25, 0.3) is 0 Å². The van der Waals surface area contributed by atoms with E-state index in [0.717, 1.165) is 26.1 Å². The van der Waals surface area contributed by atoms with Crippen molar-refractivity contribution >= 4 is 5.78 Å². The molecule has 3 heteroatoms. The van der Waals surface area contributed by atoms with Crippen LogP contribution in [-0.2, 0) is 4.79 Å².